The Bertz CT molecular complexity index is 656. The molecule has 19 heavy (non-hydrogen) atoms. The molecule has 1 amide bonds. The van der Waals surface area contributed by atoms with E-state index in [4.69, 9.17) is 0 Å². The Morgan fingerprint density at radius 2 is 2.32 bits per heavy atom. The molecule has 0 aromatic carbocycles. The lowest BCUT2D eigenvalue weighted by molar-refractivity contribution is 0.0946. The van der Waals surface area contributed by atoms with E-state index >= 15 is 0 Å². The number of nitrogens with zero attached hydrogens (tertiary/aromatic N) is 1. The molecule has 0 atom stereocenters. The zero-order valence-corrected chi connectivity index (χ0v) is 11.6. The van der Waals surface area contributed by atoms with Gasteiger partial charge in [-0.1, -0.05) is 0 Å². The summed E-state index contributed by atoms with van der Waals surface area (Å²) >= 11 is 3.11. The summed E-state index contributed by atoms with van der Waals surface area (Å²) in [4.78, 5) is 19.3. The SMILES string of the molecule is O=C(NCc1cc[nH]c1)c1csc(-c2ccsc2)n1. The number of hydrogen-bond acceptors (Lipinski definition) is 4. The van der Waals surface area contributed by atoms with Gasteiger partial charge < -0.3 is 10.3 Å². The molecule has 3 rings (SSSR count). The van der Waals surface area contributed by atoms with Crippen molar-refractivity contribution >= 4 is 28.6 Å². The van der Waals surface area contributed by atoms with Crippen LogP contribution >= 0.6 is 22.7 Å². The summed E-state index contributed by atoms with van der Waals surface area (Å²) in [5, 5.41) is 9.55. The molecule has 3 aromatic rings. The Balaban J connectivity index is 1.67. The maximum absolute atomic E-state index is 11.9. The van der Waals surface area contributed by atoms with Crippen LogP contribution in [0, 0.1) is 0 Å². The molecule has 3 heterocycles. The van der Waals surface area contributed by atoms with Crippen LogP contribution < -0.4 is 5.32 Å². The van der Waals surface area contributed by atoms with Gasteiger partial charge in [0.05, 0.1) is 0 Å². The topological polar surface area (TPSA) is 57.8 Å². The van der Waals surface area contributed by atoms with E-state index < -0.39 is 0 Å². The summed E-state index contributed by atoms with van der Waals surface area (Å²) < 4.78 is 0. The van der Waals surface area contributed by atoms with E-state index in [1.165, 1.54) is 11.3 Å². The molecule has 0 fully saturated rings. The third-order valence-corrected chi connectivity index (χ3v) is 4.19. The predicted molar refractivity (Wildman–Crippen MR) is 77.4 cm³/mol. The molecule has 96 valence electrons. The highest BCUT2D eigenvalue weighted by Gasteiger charge is 2.11. The van der Waals surface area contributed by atoms with Crippen molar-refractivity contribution in [3.05, 3.63) is 51.9 Å². The Hall–Kier alpha value is -1.92. The molecule has 0 aliphatic heterocycles. The van der Waals surface area contributed by atoms with E-state index in [0.29, 0.717) is 12.2 Å². The van der Waals surface area contributed by atoms with Gasteiger partial charge in [0.1, 0.15) is 10.7 Å². The first kappa shape index (κ1) is 12.1. The van der Waals surface area contributed by atoms with Gasteiger partial charge in [-0.25, -0.2) is 4.98 Å². The largest absolute Gasteiger partial charge is 0.367 e. The molecule has 0 unspecified atom stereocenters. The van der Waals surface area contributed by atoms with Gasteiger partial charge >= 0.3 is 0 Å². The van der Waals surface area contributed by atoms with Crippen molar-refractivity contribution < 1.29 is 4.79 Å². The lowest BCUT2D eigenvalue weighted by atomic mass is 10.3. The minimum absolute atomic E-state index is 0.140. The molecule has 0 spiro atoms. The van der Waals surface area contributed by atoms with Crippen LogP contribution in [-0.4, -0.2) is 15.9 Å². The first-order chi connectivity index (χ1) is 9.33. The number of hydrogen-bond donors (Lipinski definition) is 2. The molecule has 0 bridgehead atoms. The smallest absolute Gasteiger partial charge is 0.271 e. The van der Waals surface area contributed by atoms with E-state index in [-0.39, 0.29) is 5.91 Å². The van der Waals surface area contributed by atoms with E-state index in [1.807, 2.05) is 35.3 Å². The van der Waals surface area contributed by atoms with Gasteiger partial charge in [-0.2, -0.15) is 11.3 Å². The van der Waals surface area contributed by atoms with E-state index in [0.717, 1.165) is 16.1 Å². The lowest BCUT2D eigenvalue weighted by Crippen LogP contribution is -2.22. The van der Waals surface area contributed by atoms with Crippen LogP contribution in [0.5, 0.6) is 0 Å². The van der Waals surface area contributed by atoms with Gasteiger partial charge in [-0.15, -0.1) is 11.3 Å². The quantitative estimate of drug-likeness (QED) is 0.775. The molecule has 0 aliphatic carbocycles. The molecule has 0 aliphatic rings. The molecule has 0 saturated carbocycles. The van der Waals surface area contributed by atoms with Gasteiger partial charge in [0.15, 0.2) is 0 Å². The van der Waals surface area contributed by atoms with E-state index in [1.54, 1.807) is 16.7 Å². The Labute approximate surface area is 118 Å². The highest BCUT2D eigenvalue weighted by Crippen LogP contribution is 2.25. The Morgan fingerprint density at radius 1 is 1.37 bits per heavy atom. The summed E-state index contributed by atoms with van der Waals surface area (Å²) in [7, 11) is 0. The third-order valence-electron chi connectivity index (χ3n) is 2.62. The summed E-state index contributed by atoms with van der Waals surface area (Å²) in [6.45, 7) is 0.508. The summed E-state index contributed by atoms with van der Waals surface area (Å²) in [6, 6.07) is 3.93. The summed E-state index contributed by atoms with van der Waals surface area (Å²) in [6.07, 6.45) is 3.69. The van der Waals surface area contributed by atoms with Gasteiger partial charge in [0, 0.05) is 35.3 Å². The maximum Gasteiger partial charge on any atom is 0.271 e. The molecule has 0 saturated heterocycles. The van der Waals surface area contributed by atoms with E-state index in [2.05, 4.69) is 15.3 Å². The van der Waals surface area contributed by atoms with Crippen LogP contribution in [0.3, 0.4) is 0 Å². The van der Waals surface area contributed by atoms with E-state index in [9.17, 15) is 4.79 Å². The van der Waals surface area contributed by atoms with Crippen LogP contribution in [0.25, 0.3) is 10.6 Å². The van der Waals surface area contributed by atoms with Crippen molar-refractivity contribution in [1.29, 1.82) is 0 Å². The number of rotatable bonds is 4. The Morgan fingerprint density at radius 3 is 3.05 bits per heavy atom. The molecular weight excluding hydrogens is 278 g/mol. The third kappa shape index (κ3) is 2.74. The fourth-order valence-electron chi connectivity index (χ4n) is 1.64. The number of amides is 1. The number of carbonyl (C=O) groups is 1. The first-order valence-electron chi connectivity index (χ1n) is 5.71. The van der Waals surface area contributed by atoms with Crippen LogP contribution in [0.1, 0.15) is 16.1 Å². The van der Waals surface area contributed by atoms with Gasteiger partial charge in [-0.05, 0) is 23.1 Å². The van der Waals surface area contributed by atoms with Crippen LogP contribution in [0.2, 0.25) is 0 Å². The van der Waals surface area contributed by atoms with Crippen molar-refractivity contribution in [2.75, 3.05) is 0 Å². The second-order valence-corrected chi connectivity index (χ2v) is 5.59. The van der Waals surface area contributed by atoms with Crippen LogP contribution in [0.4, 0.5) is 0 Å². The maximum atomic E-state index is 11.9. The molecule has 3 aromatic heterocycles. The second-order valence-electron chi connectivity index (χ2n) is 3.95. The Kier molecular flexibility index (Phi) is 3.43. The normalized spacial score (nSPS) is 10.5. The van der Waals surface area contributed by atoms with Gasteiger partial charge in [-0.3, -0.25) is 4.79 Å². The fourth-order valence-corrected chi connectivity index (χ4v) is 3.15. The number of H-pyrrole nitrogens is 1. The molecule has 2 N–H and O–H groups in total. The fraction of sp³-hybridized carbons (Fsp3) is 0.0769. The van der Waals surface area contributed by atoms with Gasteiger partial charge in [0.2, 0.25) is 0 Å². The molecule has 4 nitrogen and oxygen atoms in total. The predicted octanol–water partition coefficient (Wildman–Crippen LogP) is 3.13. The highest BCUT2D eigenvalue weighted by molar-refractivity contribution is 7.14. The highest BCUT2D eigenvalue weighted by atomic mass is 32.1. The zero-order valence-electron chi connectivity index (χ0n) is 9.92. The number of aromatic nitrogens is 2. The molecular formula is C13H11N3OS2. The van der Waals surface area contributed by atoms with Gasteiger partial charge in [0.25, 0.3) is 5.91 Å². The molecule has 6 heteroatoms. The average molecular weight is 289 g/mol. The van der Waals surface area contributed by atoms with Crippen molar-refractivity contribution in [1.82, 2.24) is 15.3 Å². The minimum atomic E-state index is -0.140. The second kappa shape index (κ2) is 5.38. The van der Waals surface area contributed by atoms with Crippen molar-refractivity contribution in [2.45, 2.75) is 6.54 Å². The average Bonchev–Trinajstić information content (AvgIpc) is 3.14. The van der Waals surface area contributed by atoms with Crippen molar-refractivity contribution in [2.24, 2.45) is 0 Å². The van der Waals surface area contributed by atoms with Crippen molar-refractivity contribution in [3.8, 4) is 10.6 Å². The summed E-state index contributed by atoms with van der Waals surface area (Å²) in [5.41, 5.74) is 2.59. The minimum Gasteiger partial charge on any atom is -0.367 e. The van der Waals surface area contributed by atoms with Crippen molar-refractivity contribution in [3.63, 3.8) is 0 Å². The first-order valence-corrected chi connectivity index (χ1v) is 7.53. The lowest BCUT2D eigenvalue weighted by Gasteiger charge is -2.00. The standard InChI is InChI=1S/C13H11N3OS2/c17-12(15-6-9-1-3-14-5-9)11-8-19-13(16-11)10-2-4-18-7-10/h1-5,7-8,14H,6H2,(H,15,17). The number of aromatic amines is 1. The summed E-state index contributed by atoms with van der Waals surface area (Å²) in [5.74, 6) is -0.140. The monoisotopic (exact) mass is 289 g/mol. The zero-order chi connectivity index (χ0) is 13.1. The number of nitrogens with one attached hydrogen (secondary N) is 2. The number of carbonyl (C=O) groups excluding carboxylic acids is 1. The van der Waals surface area contributed by atoms with Crippen LogP contribution in [-0.2, 0) is 6.54 Å². The number of thiophene rings is 1. The molecule has 0 radical (unpaired) electrons. The number of thiazole rings is 1. The van der Waals surface area contributed by atoms with Crippen LogP contribution in [0.15, 0.2) is 40.7 Å².